The maximum absolute atomic E-state index is 6.75. The van der Waals surface area contributed by atoms with Crippen LogP contribution in [0.25, 0.3) is 82.5 Å². The van der Waals surface area contributed by atoms with E-state index in [4.69, 9.17) is 4.42 Å². The lowest BCUT2D eigenvalue weighted by Gasteiger charge is -2.29. The molecule has 258 valence electrons. The van der Waals surface area contributed by atoms with Gasteiger partial charge in [0.2, 0.25) is 0 Å². The number of nitrogens with zero attached hydrogens (tertiary/aromatic N) is 2. The molecule has 0 aliphatic heterocycles. The van der Waals surface area contributed by atoms with Crippen LogP contribution in [-0.2, 0) is 0 Å². The van der Waals surface area contributed by atoms with E-state index in [-0.39, 0.29) is 0 Å². The highest BCUT2D eigenvalue weighted by Gasteiger charge is 2.25. The van der Waals surface area contributed by atoms with Gasteiger partial charge in [-0.2, -0.15) is 0 Å². The van der Waals surface area contributed by atoms with Crippen molar-refractivity contribution in [2.75, 3.05) is 4.90 Å². The predicted octanol–water partition coefficient (Wildman–Crippen LogP) is 14.6. The molecule has 0 fully saturated rings. The Balaban J connectivity index is 1.22. The topological polar surface area (TPSA) is 21.3 Å². The number of aromatic nitrogens is 1. The van der Waals surface area contributed by atoms with E-state index in [9.17, 15) is 0 Å². The highest BCUT2D eigenvalue weighted by molar-refractivity contribution is 6.14. The van der Waals surface area contributed by atoms with E-state index < -0.39 is 0 Å². The van der Waals surface area contributed by atoms with Gasteiger partial charge >= 0.3 is 0 Å². The Bertz CT molecular complexity index is 3150. The molecule has 0 atom stereocenters. The average molecular weight is 703 g/mol. The van der Waals surface area contributed by atoms with Crippen LogP contribution >= 0.6 is 0 Å². The SMILES string of the molecule is c1ccc(-c2ccc(N(c3ccccc3-c3c(-n4c5ccccc5c5ccccc54)ccc4ccccc34)c3cccc4c3oc3ccccc34)cc2)cc1. The van der Waals surface area contributed by atoms with Crippen molar-refractivity contribution in [1.29, 1.82) is 0 Å². The highest BCUT2D eigenvalue weighted by atomic mass is 16.3. The molecule has 11 rings (SSSR count). The van der Waals surface area contributed by atoms with Crippen molar-refractivity contribution in [3.8, 4) is 27.9 Å². The first-order valence-corrected chi connectivity index (χ1v) is 18.8. The first-order valence-electron chi connectivity index (χ1n) is 18.8. The number of benzene rings is 9. The van der Waals surface area contributed by atoms with Crippen molar-refractivity contribution in [3.63, 3.8) is 0 Å². The van der Waals surface area contributed by atoms with Crippen LogP contribution in [0.2, 0.25) is 0 Å². The second kappa shape index (κ2) is 12.6. The zero-order valence-corrected chi connectivity index (χ0v) is 29.9. The molecular weight excluding hydrogens is 669 g/mol. The maximum Gasteiger partial charge on any atom is 0.159 e. The summed E-state index contributed by atoms with van der Waals surface area (Å²) in [5.41, 5.74) is 12.9. The summed E-state index contributed by atoms with van der Waals surface area (Å²) in [4.78, 5) is 2.38. The van der Waals surface area contributed by atoms with Crippen LogP contribution < -0.4 is 4.90 Å². The molecule has 2 heterocycles. The third-order valence-electron chi connectivity index (χ3n) is 11.0. The Morgan fingerprint density at radius 1 is 0.382 bits per heavy atom. The fourth-order valence-electron chi connectivity index (χ4n) is 8.54. The van der Waals surface area contributed by atoms with Crippen molar-refractivity contribution < 1.29 is 4.42 Å². The molecule has 0 aliphatic rings. The fourth-order valence-corrected chi connectivity index (χ4v) is 8.54. The molecule has 0 bridgehead atoms. The smallest absolute Gasteiger partial charge is 0.159 e. The summed E-state index contributed by atoms with van der Waals surface area (Å²) in [5, 5.41) is 7.05. The van der Waals surface area contributed by atoms with Crippen LogP contribution in [-0.4, -0.2) is 4.57 Å². The van der Waals surface area contributed by atoms with Gasteiger partial charge in [0.25, 0.3) is 0 Å². The first-order chi connectivity index (χ1) is 27.3. The number of furan rings is 1. The maximum atomic E-state index is 6.75. The van der Waals surface area contributed by atoms with Gasteiger partial charge in [-0.3, -0.25) is 0 Å². The van der Waals surface area contributed by atoms with Crippen molar-refractivity contribution in [3.05, 3.63) is 206 Å². The van der Waals surface area contributed by atoms with Gasteiger partial charge in [0.15, 0.2) is 5.58 Å². The Kier molecular flexibility index (Phi) is 7.17. The number of para-hydroxylation sites is 5. The van der Waals surface area contributed by atoms with Gasteiger partial charge in [-0.25, -0.2) is 0 Å². The van der Waals surface area contributed by atoms with Crippen LogP contribution in [0.3, 0.4) is 0 Å². The van der Waals surface area contributed by atoms with E-state index >= 15 is 0 Å². The van der Waals surface area contributed by atoms with Crippen LogP contribution in [0.4, 0.5) is 17.1 Å². The molecule has 2 aromatic heterocycles. The Labute approximate surface area is 318 Å². The molecule has 55 heavy (non-hydrogen) atoms. The average Bonchev–Trinajstić information content (AvgIpc) is 3.81. The molecule has 0 N–H and O–H groups in total. The van der Waals surface area contributed by atoms with Crippen LogP contribution in [0, 0.1) is 0 Å². The highest BCUT2D eigenvalue weighted by Crippen LogP contribution is 2.48. The molecule has 3 heteroatoms. The lowest BCUT2D eigenvalue weighted by Crippen LogP contribution is -2.12. The van der Waals surface area contributed by atoms with Gasteiger partial charge < -0.3 is 13.9 Å². The number of rotatable bonds is 6. The van der Waals surface area contributed by atoms with E-state index in [2.05, 4.69) is 210 Å². The minimum atomic E-state index is 0.853. The van der Waals surface area contributed by atoms with E-state index in [1.807, 2.05) is 6.07 Å². The standard InChI is InChI=1S/C52H34N2O/c1-2-15-35(16-3-1)36-29-32-38(33-30-36)53(49-27-14-23-43-42-21-9-13-28-50(42)55-52(43)49)47-26-12-8-22-44(47)51-39-18-5-4-17-37(39)31-34-48(51)54-45-24-10-6-19-40(45)41-20-7-11-25-46(41)54/h1-34H. The van der Waals surface area contributed by atoms with E-state index in [0.717, 1.165) is 50.3 Å². The number of hydrogen-bond donors (Lipinski definition) is 0. The molecule has 3 nitrogen and oxygen atoms in total. The van der Waals surface area contributed by atoms with Gasteiger partial charge in [-0.15, -0.1) is 0 Å². The number of hydrogen-bond acceptors (Lipinski definition) is 2. The Morgan fingerprint density at radius 3 is 1.75 bits per heavy atom. The molecule has 0 saturated heterocycles. The number of fused-ring (bicyclic) bond motifs is 7. The number of anilines is 3. The monoisotopic (exact) mass is 702 g/mol. The molecule has 0 aliphatic carbocycles. The molecule has 0 radical (unpaired) electrons. The zero-order chi connectivity index (χ0) is 36.3. The van der Waals surface area contributed by atoms with Gasteiger partial charge in [0.05, 0.1) is 28.1 Å². The van der Waals surface area contributed by atoms with Crippen LogP contribution in [0.1, 0.15) is 0 Å². The zero-order valence-electron chi connectivity index (χ0n) is 29.9. The van der Waals surface area contributed by atoms with Gasteiger partial charge in [-0.1, -0.05) is 158 Å². The van der Waals surface area contributed by atoms with Crippen molar-refractivity contribution in [2.45, 2.75) is 0 Å². The summed E-state index contributed by atoms with van der Waals surface area (Å²) in [6.45, 7) is 0. The lowest BCUT2D eigenvalue weighted by molar-refractivity contribution is 0.669. The summed E-state index contributed by atoms with van der Waals surface area (Å²) >= 11 is 0. The predicted molar refractivity (Wildman–Crippen MR) is 231 cm³/mol. The Hall–Kier alpha value is -7.36. The fraction of sp³-hybridized carbons (Fsp3) is 0. The summed E-state index contributed by atoms with van der Waals surface area (Å²) in [5.74, 6) is 0. The van der Waals surface area contributed by atoms with Crippen molar-refractivity contribution in [2.24, 2.45) is 0 Å². The van der Waals surface area contributed by atoms with Crippen LogP contribution in [0.15, 0.2) is 211 Å². The summed E-state index contributed by atoms with van der Waals surface area (Å²) in [7, 11) is 0. The van der Waals surface area contributed by atoms with Gasteiger partial charge in [0.1, 0.15) is 5.58 Å². The first kappa shape index (κ1) is 31.2. The third-order valence-corrected chi connectivity index (χ3v) is 11.0. The minimum absolute atomic E-state index is 0.853. The Morgan fingerprint density at radius 2 is 0.964 bits per heavy atom. The van der Waals surface area contributed by atoms with Gasteiger partial charge in [0, 0.05) is 38.4 Å². The summed E-state index contributed by atoms with van der Waals surface area (Å²) < 4.78 is 9.20. The molecule has 11 aromatic rings. The molecule has 0 unspecified atom stereocenters. The van der Waals surface area contributed by atoms with Crippen molar-refractivity contribution in [1.82, 2.24) is 4.57 Å². The van der Waals surface area contributed by atoms with E-state index in [0.29, 0.717) is 0 Å². The largest absolute Gasteiger partial charge is 0.454 e. The van der Waals surface area contributed by atoms with Crippen LogP contribution in [0.5, 0.6) is 0 Å². The minimum Gasteiger partial charge on any atom is -0.454 e. The second-order valence-electron chi connectivity index (χ2n) is 14.1. The molecule has 0 spiro atoms. The van der Waals surface area contributed by atoms with E-state index in [1.165, 1.54) is 49.3 Å². The molecule has 0 amide bonds. The van der Waals surface area contributed by atoms with E-state index in [1.54, 1.807) is 0 Å². The molecule has 9 aromatic carbocycles. The second-order valence-corrected chi connectivity index (χ2v) is 14.1. The molecule has 0 saturated carbocycles. The summed E-state index contributed by atoms with van der Waals surface area (Å²) in [6, 6.07) is 73.9. The third kappa shape index (κ3) is 4.98. The van der Waals surface area contributed by atoms with Gasteiger partial charge in [-0.05, 0) is 70.4 Å². The quantitative estimate of drug-likeness (QED) is 0.172. The lowest BCUT2D eigenvalue weighted by atomic mass is 9.93. The molecular formula is C52H34N2O. The van der Waals surface area contributed by atoms with Crippen molar-refractivity contribution >= 4 is 71.6 Å². The normalized spacial score (nSPS) is 11.6. The summed E-state index contributed by atoms with van der Waals surface area (Å²) in [6.07, 6.45) is 0.